The molecule has 2 aromatic rings. The number of likely N-dealkylation sites (N-methyl/N-ethyl adjacent to an activating group) is 1. The maximum absolute atomic E-state index is 12.2. The SMILES string of the molecule is CN1CCCc2cc([C@@H](CNC(=O)C(=O)Nc3ccccc3)N(C)C)ccc21. The molecule has 1 aliphatic rings. The summed E-state index contributed by atoms with van der Waals surface area (Å²) in [4.78, 5) is 28.7. The van der Waals surface area contributed by atoms with Gasteiger partial charge in [-0.15, -0.1) is 0 Å². The Bertz CT molecular complexity index is 836. The lowest BCUT2D eigenvalue weighted by Gasteiger charge is -2.30. The van der Waals surface area contributed by atoms with Crippen LogP contribution in [-0.4, -0.2) is 50.9 Å². The molecular formula is C22H28N4O2. The lowest BCUT2D eigenvalue weighted by atomic mass is 9.96. The molecule has 0 aliphatic carbocycles. The second-order valence-electron chi connectivity index (χ2n) is 7.42. The first kappa shape index (κ1) is 19.9. The molecule has 2 aromatic carbocycles. The van der Waals surface area contributed by atoms with Crippen LogP contribution in [-0.2, 0) is 16.0 Å². The van der Waals surface area contributed by atoms with Crippen molar-refractivity contribution in [3.05, 3.63) is 59.7 Å². The second kappa shape index (κ2) is 8.89. The van der Waals surface area contributed by atoms with Gasteiger partial charge in [-0.3, -0.25) is 9.59 Å². The molecule has 2 amide bonds. The van der Waals surface area contributed by atoms with Crippen LogP contribution in [0.2, 0.25) is 0 Å². The number of nitrogens with one attached hydrogen (secondary N) is 2. The van der Waals surface area contributed by atoms with E-state index in [1.165, 1.54) is 11.3 Å². The Morgan fingerprint density at radius 1 is 1.11 bits per heavy atom. The molecule has 0 aromatic heterocycles. The highest BCUT2D eigenvalue weighted by molar-refractivity contribution is 6.39. The molecule has 1 heterocycles. The Hall–Kier alpha value is -2.86. The molecule has 1 atom stereocenters. The first-order valence-corrected chi connectivity index (χ1v) is 9.60. The summed E-state index contributed by atoms with van der Waals surface area (Å²) in [5.41, 5.74) is 4.36. The molecule has 2 N–H and O–H groups in total. The van der Waals surface area contributed by atoms with Crippen LogP contribution in [0.15, 0.2) is 48.5 Å². The summed E-state index contributed by atoms with van der Waals surface area (Å²) >= 11 is 0. The van der Waals surface area contributed by atoms with Gasteiger partial charge in [0.05, 0.1) is 6.04 Å². The van der Waals surface area contributed by atoms with Crippen LogP contribution in [0, 0.1) is 0 Å². The Morgan fingerprint density at radius 3 is 2.57 bits per heavy atom. The number of fused-ring (bicyclic) bond motifs is 1. The Balaban J connectivity index is 1.65. The van der Waals surface area contributed by atoms with Gasteiger partial charge < -0.3 is 20.4 Å². The summed E-state index contributed by atoms with van der Waals surface area (Å²) < 4.78 is 0. The van der Waals surface area contributed by atoms with Crippen LogP contribution >= 0.6 is 0 Å². The van der Waals surface area contributed by atoms with Gasteiger partial charge in [0, 0.05) is 31.5 Å². The van der Waals surface area contributed by atoms with Gasteiger partial charge in [0.15, 0.2) is 0 Å². The van der Waals surface area contributed by atoms with Gasteiger partial charge in [-0.2, -0.15) is 0 Å². The van der Waals surface area contributed by atoms with E-state index in [0.29, 0.717) is 12.2 Å². The second-order valence-corrected chi connectivity index (χ2v) is 7.42. The maximum atomic E-state index is 12.2. The van der Waals surface area contributed by atoms with E-state index in [4.69, 9.17) is 0 Å². The minimum absolute atomic E-state index is 0.00833. The number of hydrogen-bond acceptors (Lipinski definition) is 4. The average molecular weight is 380 g/mol. The quantitative estimate of drug-likeness (QED) is 0.782. The molecule has 0 saturated heterocycles. The number of carbonyl (C=O) groups is 2. The number of hydrogen-bond donors (Lipinski definition) is 2. The minimum Gasteiger partial charge on any atom is -0.374 e. The Morgan fingerprint density at radius 2 is 1.86 bits per heavy atom. The van der Waals surface area contributed by atoms with Crippen LogP contribution in [0.3, 0.4) is 0 Å². The van der Waals surface area contributed by atoms with Crippen LogP contribution in [0.25, 0.3) is 0 Å². The molecular weight excluding hydrogens is 352 g/mol. The highest BCUT2D eigenvalue weighted by atomic mass is 16.2. The summed E-state index contributed by atoms with van der Waals surface area (Å²) in [6, 6.07) is 15.5. The molecule has 0 fully saturated rings. The van der Waals surface area contributed by atoms with Gasteiger partial charge in [-0.05, 0) is 56.3 Å². The van der Waals surface area contributed by atoms with E-state index < -0.39 is 11.8 Å². The Labute approximate surface area is 166 Å². The molecule has 28 heavy (non-hydrogen) atoms. The van der Waals surface area contributed by atoms with Crippen LogP contribution < -0.4 is 15.5 Å². The molecule has 0 spiro atoms. The van der Waals surface area contributed by atoms with Crippen molar-refractivity contribution in [3.63, 3.8) is 0 Å². The fourth-order valence-corrected chi connectivity index (χ4v) is 3.59. The third-order valence-corrected chi connectivity index (χ3v) is 5.16. The number of rotatable bonds is 5. The van der Waals surface area contributed by atoms with Crippen LogP contribution in [0.5, 0.6) is 0 Å². The van der Waals surface area contributed by atoms with E-state index in [1.807, 2.05) is 32.3 Å². The number of para-hydroxylation sites is 1. The summed E-state index contributed by atoms with van der Waals surface area (Å²) in [5, 5.41) is 5.38. The third kappa shape index (κ3) is 4.70. The minimum atomic E-state index is -0.657. The highest BCUT2D eigenvalue weighted by Gasteiger charge is 2.21. The summed E-state index contributed by atoms with van der Waals surface area (Å²) in [7, 11) is 6.07. The van der Waals surface area contributed by atoms with E-state index in [0.717, 1.165) is 24.9 Å². The van der Waals surface area contributed by atoms with Crippen molar-refractivity contribution >= 4 is 23.2 Å². The van der Waals surface area contributed by atoms with Crippen molar-refractivity contribution in [2.75, 3.05) is 44.4 Å². The summed E-state index contributed by atoms with van der Waals surface area (Å²) in [6.07, 6.45) is 2.22. The Kier molecular flexibility index (Phi) is 6.31. The summed E-state index contributed by atoms with van der Waals surface area (Å²) in [5.74, 6) is -1.29. The van der Waals surface area contributed by atoms with E-state index in [1.54, 1.807) is 12.1 Å². The first-order valence-electron chi connectivity index (χ1n) is 9.60. The van der Waals surface area contributed by atoms with E-state index in [9.17, 15) is 9.59 Å². The largest absolute Gasteiger partial charge is 0.374 e. The maximum Gasteiger partial charge on any atom is 0.313 e. The zero-order valence-corrected chi connectivity index (χ0v) is 16.7. The normalized spacial score (nSPS) is 14.4. The standard InChI is InChI=1S/C22H28N4O2/c1-25(2)20(17-11-12-19-16(14-17)8-7-13-26(19)3)15-23-21(27)22(28)24-18-9-5-4-6-10-18/h4-6,9-12,14,20H,7-8,13,15H2,1-3H3,(H,23,27)(H,24,28)/t20-/m1/s1. The molecule has 1 aliphatic heterocycles. The van der Waals surface area contributed by atoms with Crippen LogP contribution in [0.1, 0.15) is 23.6 Å². The molecule has 6 nitrogen and oxygen atoms in total. The fraction of sp³-hybridized carbons (Fsp3) is 0.364. The predicted octanol–water partition coefficient (Wildman–Crippen LogP) is 2.43. The summed E-state index contributed by atoms with van der Waals surface area (Å²) in [6.45, 7) is 1.44. The lowest BCUT2D eigenvalue weighted by molar-refractivity contribution is -0.136. The molecule has 0 bridgehead atoms. The number of benzene rings is 2. The topological polar surface area (TPSA) is 64.7 Å². The molecule has 6 heteroatoms. The van der Waals surface area contributed by atoms with Crippen molar-refractivity contribution in [3.8, 4) is 0 Å². The number of anilines is 2. The van der Waals surface area contributed by atoms with Crippen molar-refractivity contribution in [1.29, 1.82) is 0 Å². The lowest BCUT2D eigenvalue weighted by Crippen LogP contribution is -2.40. The molecule has 3 rings (SSSR count). The van der Waals surface area contributed by atoms with E-state index in [2.05, 4.69) is 45.7 Å². The zero-order chi connectivity index (χ0) is 20.1. The molecule has 0 saturated carbocycles. The van der Waals surface area contributed by atoms with E-state index >= 15 is 0 Å². The van der Waals surface area contributed by atoms with Crippen molar-refractivity contribution in [2.24, 2.45) is 0 Å². The van der Waals surface area contributed by atoms with Gasteiger partial charge in [-0.1, -0.05) is 30.3 Å². The number of amides is 2. The van der Waals surface area contributed by atoms with Gasteiger partial charge >= 0.3 is 11.8 Å². The highest BCUT2D eigenvalue weighted by Crippen LogP contribution is 2.29. The van der Waals surface area contributed by atoms with Gasteiger partial charge in [0.1, 0.15) is 0 Å². The third-order valence-electron chi connectivity index (χ3n) is 5.16. The monoisotopic (exact) mass is 380 g/mol. The predicted molar refractivity (Wildman–Crippen MR) is 113 cm³/mol. The zero-order valence-electron chi connectivity index (χ0n) is 16.7. The number of aryl methyl sites for hydroxylation is 1. The molecule has 0 radical (unpaired) electrons. The van der Waals surface area contributed by atoms with Crippen molar-refractivity contribution in [2.45, 2.75) is 18.9 Å². The fourth-order valence-electron chi connectivity index (χ4n) is 3.59. The van der Waals surface area contributed by atoms with Crippen molar-refractivity contribution < 1.29 is 9.59 Å². The number of carbonyl (C=O) groups excluding carboxylic acids is 2. The van der Waals surface area contributed by atoms with Gasteiger partial charge in [0.25, 0.3) is 0 Å². The van der Waals surface area contributed by atoms with Gasteiger partial charge in [0.2, 0.25) is 0 Å². The van der Waals surface area contributed by atoms with Gasteiger partial charge in [-0.25, -0.2) is 0 Å². The van der Waals surface area contributed by atoms with Crippen LogP contribution in [0.4, 0.5) is 11.4 Å². The average Bonchev–Trinajstić information content (AvgIpc) is 2.68. The smallest absolute Gasteiger partial charge is 0.313 e. The molecule has 0 unspecified atom stereocenters. The molecule has 148 valence electrons. The first-order chi connectivity index (χ1) is 13.5. The number of nitrogens with zero attached hydrogens (tertiary/aromatic N) is 2. The van der Waals surface area contributed by atoms with Crippen molar-refractivity contribution in [1.82, 2.24) is 10.2 Å². The van der Waals surface area contributed by atoms with E-state index in [-0.39, 0.29) is 6.04 Å².